The van der Waals surface area contributed by atoms with Crippen molar-refractivity contribution in [2.24, 2.45) is 0 Å². The summed E-state index contributed by atoms with van der Waals surface area (Å²) in [5.41, 5.74) is 1.38. The lowest BCUT2D eigenvalue weighted by atomic mass is 10.1. The van der Waals surface area contributed by atoms with Crippen LogP contribution in [0.25, 0.3) is 0 Å². The van der Waals surface area contributed by atoms with Gasteiger partial charge in [-0.2, -0.15) is 0 Å². The number of rotatable bonds is 8. The van der Waals surface area contributed by atoms with E-state index in [0.29, 0.717) is 29.4 Å². The summed E-state index contributed by atoms with van der Waals surface area (Å²) < 4.78 is 10.6. The van der Waals surface area contributed by atoms with E-state index in [-0.39, 0.29) is 5.91 Å². The topological polar surface area (TPSA) is 54.9 Å². The third kappa shape index (κ3) is 5.20. The van der Waals surface area contributed by atoms with E-state index in [4.69, 9.17) is 9.47 Å². The van der Waals surface area contributed by atoms with Crippen LogP contribution in [-0.2, 0) is 0 Å². The van der Waals surface area contributed by atoms with Gasteiger partial charge in [0.2, 0.25) is 0 Å². The average Bonchev–Trinajstić information content (AvgIpc) is 2.64. The Balaban J connectivity index is 2.35. The van der Waals surface area contributed by atoms with Crippen LogP contribution in [-0.4, -0.2) is 57.2 Å². The minimum Gasteiger partial charge on any atom is -0.497 e. The number of methoxy groups -OCH3 is 2. The molecule has 6 heteroatoms. The number of carbonyl (C=O) groups is 1. The molecule has 0 aliphatic rings. The van der Waals surface area contributed by atoms with E-state index < -0.39 is 0 Å². The first-order valence-electron chi connectivity index (χ1n) is 8.58. The predicted molar refractivity (Wildman–Crippen MR) is 103 cm³/mol. The van der Waals surface area contributed by atoms with Gasteiger partial charge in [0.05, 0.1) is 14.2 Å². The highest BCUT2D eigenvalue weighted by Crippen LogP contribution is 2.25. The summed E-state index contributed by atoms with van der Waals surface area (Å²) >= 11 is 0. The second-order valence-corrected chi connectivity index (χ2v) is 6.35. The monoisotopic (exact) mass is 357 g/mol. The first kappa shape index (κ1) is 19.7. The van der Waals surface area contributed by atoms with Gasteiger partial charge in [-0.25, -0.2) is 4.98 Å². The van der Waals surface area contributed by atoms with Gasteiger partial charge in [-0.15, -0.1) is 0 Å². The van der Waals surface area contributed by atoms with E-state index in [1.807, 2.05) is 39.2 Å². The van der Waals surface area contributed by atoms with Crippen LogP contribution in [0.15, 0.2) is 36.4 Å². The van der Waals surface area contributed by atoms with E-state index in [2.05, 4.69) is 9.88 Å². The van der Waals surface area contributed by atoms with Crippen molar-refractivity contribution < 1.29 is 14.3 Å². The first-order valence-corrected chi connectivity index (χ1v) is 8.58. The van der Waals surface area contributed by atoms with E-state index in [9.17, 15) is 4.79 Å². The van der Waals surface area contributed by atoms with Gasteiger partial charge in [-0.3, -0.25) is 9.69 Å². The van der Waals surface area contributed by atoms with Gasteiger partial charge in [0, 0.05) is 23.9 Å². The van der Waals surface area contributed by atoms with Gasteiger partial charge in [-0.05, 0) is 58.3 Å². The summed E-state index contributed by atoms with van der Waals surface area (Å²) in [6.45, 7) is 3.38. The molecule has 0 aliphatic heterocycles. The average molecular weight is 357 g/mol. The lowest BCUT2D eigenvalue weighted by Crippen LogP contribution is -2.34. The number of carbonyl (C=O) groups excluding carboxylic acids is 1. The van der Waals surface area contributed by atoms with Crippen LogP contribution in [0.5, 0.6) is 11.5 Å². The Morgan fingerprint density at radius 1 is 1.04 bits per heavy atom. The second kappa shape index (κ2) is 9.20. The molecule has 0 saturated carbocycles. The molecule has 6 nitrogen and oxygen atoms in total. The Labute approximate surface area is 155 Å². The molecule has 2 rings (SSSR count). The van der Waals surface area contributed by atoms with E-state index in [0.717, 1.165) is 18.7 Å². The number of benzene rings is 1. The van der Waals surface area contributed by atoms with Gasteiger partial charge < -0.3 is 14.4 Å². The molecule has 1 aromatic heterocycles. The predicted octanol–water partition coefficient (Wildman–Crippen LogP) is 3.01. The number of anilines is 1. The zero-order valence-electron chi connectivity index (χ0n) is 16.2. The Kier molecular flexibility index (Phi) is 6.97. The molecule has 26 heavy (non-hydrogen) atoms. The van der Waals surface area contributed by atoms with Crippen LogP contribution < -0.4 is 14.4 Å². The normalized spacial score (nSPS) is 10.7. The van der Waals surface area contributed by atoms with Crippen molar-refractivity contribution in [2.75, 3.05) is 46.3 Å². The van der Waals surface area contributed by atoms with E-state index in [1.54, 1.807) is 37.3 Å². The number of ether oxygens (including phenoxy) is 2. The summed E-state index contributed by atoms with van der Waals surface area (Å²) in [5, 5.41) is 0. The third-order valence-corrected chi connectivity index (χ3v) is 3.98. The zero-order valence-corrected chi connectivity index (χ0v) is 16.2. The SMILES string of the molecule is COc1cc(OC)cc(C(=O)N(CCCN(C)C)c2cccc(C)n2)c1. The van der Waals surface area contributed by atoms with Crippen molar-refractivity contribution in [3.05, 3.63) is 47.7 Å². The number of aromatic nitrogens is 1. The maximum Gasteiger partial charge on any atom is 0.259 e. The zero-order chi connectivity index (χ0) is 19.1. The molecule has 0 bridgehead atoms. The summed E-state index contributed by atoms with van der Waals surface area (Å²) in [7, 11) is 7.17. The van der Waals surface area contributed by atoms with Crippen LogP contribution in [0.1, 0.15) is 22.5 Å². The molecule has 0 aliphatic carbocycles. The Morgan fingerprint density at radius 3 is 2.23 bits per heavy atom. The number of aryl methyl sites for hydroxylation is 1. The quantitative estimate of drug-likeness (QED) is 0.727. The number of hydrogen-bond donors (Lipinski definition) is 0. The van der Waals surface area contributed by atoms with Crippen LogP contribution in [0.3, 0.4) is 0 Å². The molecule has 1 aromatic carbocycles. The van der Waals surface area contributed by atoms with E-state index >= 15 is 0 Å². The maximum atomic E-state index is 13.2. The Hall–Kier alpha value is -2.60. The van der Waals surface area contributed by atoms with Crippen LogP contribution in [0, 0.1) is 6.92 Å². The smallest absolute Gasteiger partial charge is 0.259 e. The van der Waals surface area contributed by atoms with Crippen LogP contribution in [0.2, 0.25) is 0 Å². The fourth-order valence-corrected chi connectivity index (χ4v) is 2.63. The second-order valence-electron chi connectivity index (χ2n) is 6.35. The summed E-state index contributed by atoms with van der Waals surface area (Å²) in [6.07, 6.45) is 0.843. The molecular formula is C20H27N3O3. The van der Waals surface area contributed by atoms with Gasteiger partial charge in [0.15, 0.2) is 0 Å². The van der Waals surface area contributed by atoms with Crippen LogP contribution in [0.4, 0.5) is 5.82 Å². The van der Waals surface area contributed by atoms with Crippen molar-refractivity contribution in [1.82, 2.24) is 9.88 Å². The standard InChI is InChI=1S/C20H27N3O3/c1-15-8-6-9-19(21-15)23(11-7-10-22(2)3)20(24)16-12-17(25-4)14-18(13-16)26-5/h6,8-9,12-14H,7,10-11H2,1-5H3. The van der Waals surface area contributed by atoms with Gasteiger partial charge in [0.1, 0.15) is 17.3 Å². The summed E-state index contributed by atoms with van der Waals surface area (Å²) in [5.74, 6) is 1.69. The van der Waals surface area contributed by atoms with Crippen LogP contribution >= 0.6 is 0 Å². The van der Waals surface area contributed by atoms with Gasteiger partial charge >= 0.3 is 0 Å². The van der Waals surface area contributed by atoms with E-state index in [1.165, 1.54) is 0 Å². The minimum atomic E-state index is -0.126. The summed E-state index contributed by atoms with van der Waals surface area (Å²) in [6, 6.07) is 10.9. The molecule has 1 heterocycles. The van der Waals surface area contributed by atoms with Crippen molar-refractivity contribution >= 4 is 11.7 Å². The Morgan fingerprint density at radius 2 is 1.69 bits per heavy atom. The fraction of sp³-hybridized carbons (Fsp3) is 0.400. The number of pyridine rings is 1. The fourth-order valence-electron chi connectivity index (χ4n) is 2.63. The van der Waals surface area contributed by atoms with Crippen molar-refractivity contribution in [3.63, 3.8) is 0 Å². The van der Waals surface area contributed by atoms with Gasteiger partial charge in [0.25, 0.3) is 5.91 Å². The van der Waals surface area contributed by atoms with Gasteiger partial charge in [-0.1, -0.05) is 6.07 Å². The van der Waals surface area contributed by atoms with Crippen molar-refractivity contribution in [1.29, 1.82) is 0 Å². The largest absolute Gasteiger partial charge is 0.497 e. The minimum absolute atomic E-state index is 0.126. The first-order chi connectivity index (χ1) is 12.4. The molecule has 0 N–H and O–H groups in total. The highest BCUT2D eigenvalue weighted by atomic mass is 16.5. The highest BCUT2D eigenvalue weighted by Gasteiger charge is 2.20. The Bertz CT molecular complexity index is 725. The molecule has 140 valence electrons. The molecular weight excluding hydrogens is 330 g/mol. The molecule has 0 spiro atoms. The number of hydrogen-bond acceptors (Lipinski definition) is 5. The molecule has 0 radical (unpaired) electrons. The third-order valence-electron chi connectivity index (χ3n) is 3.98. The lowest BCUT2D eigenvalue weighted by Gasteiger charge is -2.23. The highest BCUT2D eigenvalue weighted by molar-refractivity contribution is 6.06. The molecule has 2 aromatic rings. The van der Waals surface area contributed by atoms with Crippen molar-refractivity contribution in [2.45, 2.75) is 13.3 Å². The maximum absolute atomic E-state index is 13.2. The molecule has 0 fully saturated rings. The molecule has 0 unspecified atom stereocenters. The molecule has 0 saturated heterocycles. The van der Waals surface area contributed by atoms with Crippen molar-refractivity contribution in [3.8, 4) is 11.5 Å². The molecule has 1 amide bonds. The lowest BCUT2D eigenvalue weighted by molar-refractivity contribution is 0.0984. The number of nitrogens with zero attached hydrogens (tertiary/aromatic N) is 3. The number of amides is 1. The summed E-state index contributed by atoms with van der Waals surface area (Å²) in [4.78, 5) is 21.6. The molecule has 0 atom stereocenters.